The van der Waals surface area contributed by atoms with Crippen molar-refractivity contribution in [2.24, 2.45) is 5.10 Å². The molecule has 0 spiro atoms. The molecule has 0 aliphatic carbocycles. The van der Waals surface area contributed by atoms with Crippen molar-refractivity contribution in [3.8, 4) is 17.2 Å². The lowest BCUT2D eigenvalue weighted by Crippen LogP contribution is -2.18. The molecule has 0 saturated carbocycles. The number of benzene rings is 3. The standard InChI is InChI=1S/C24H24N2O6S/c1-16-5-9-19(10-6-16)33(28,29)32-23-14-18(8-12-21(23)30-3)15-25-26-24(27)20-11-7-17(2)13-22(20)31-4/h5-15H,1-4H3,(H,26,27)/b25-15-. The van der Waals surface area contributed by atoms with Gasteiger partial charge in [0, 0.05) is 0 Å². The van der Waals surface area contributed by atoms with E-state index in [1.165, 1.54) is 38.6 Å². The zero-order valence-electron chi connectivity index (χ0n) is 18.7. The van der Waals surface area contributed by atoms with Crippen molar-refractivity contribution in [2.45, 2.75) is 18.7 Å². The summed E-state index contributed by atoms with van der Waals surface area (Å²) < 4.78 is 41.1. The first-order chi connectivity index (χ1) is 15.7. The first-order valence-corrected chi connectivity index (χ1v) is 11.3. The first kappa shape index (κ1) is 23.8. The Balaban J connectivity index is 1.78. The van der Waals surface area contributed by atoms with Gasteiger partial charge in [0.05, 0.1) is 26.0 Å². The number of carbonyl (C=O) groups excluding carboxylic acids is 1. The minimum Gasteiger partial charge on any atom is -0.496 e. The van der Waals surface area contributed by atoms with E-state index < -0.39 is 16.0 Å². The lowest BCUT2D eigenvalue weighted by Gasteiger charge is -2.11. The van der Waals surface area contributed by atoms with Crippen LogP contribution in [0.5, 0.6) is 17.2 Å². The minimum absolute atomic E-state index is 0.00597. The van der Waals surface area contributed by atoms with Gasteiger partial charge in [-0.25, -0.2) is 5.43 Å². The zero-order valence-corrected chi connectivity index (χ0v) is 19.5. The molecule has 0 radical (unpaired) electrons. The lowest BCUT2D eigenvalue weighted by molar-refractivity contribution is 0.0952. The number of ether oxygens (including phenoxy) is 2. The highest BCUT2D eigenvalue weighted by Gasteiger charge is 2.19. The Morgan fingerprint density at radius 2 is 1.52 bits per heavy atom. The first-order valence-electron chi connectivity index (χ1n) is 9.91. The molecule has 1 amide bonds. The second kappa shape index (κ2) is 10.2. The molecule has 172 valence electrons. The normalized spacial score (nSPS) is 11.3. The third-order valence-electron chi connectivity index (χ3n) is 4.68. The topological polar surface area (TPSA) is 103 Å². The van der Waals surface area contributed by atoms with Crippen molar-refractivity contribution >= 4 is 22.2 Å². The van der Waals surface area contributed by atoms with Crippen LogP contribution >= 0.6 is 0 Å². The molecule has 0 aliphatic heterocycles. The molecule has 0 bridgehead atoms. The fourth-order valence-electron chi connectivity index (χ4n) is 2.92. The van der Waals surface area contributed by atoms with Crippen LogP contribution in [0.1, 0.15) is 27.0 Å². The molecule has 0 unspecified atom stereocenters. The van der Waals surface area contributed by atoms with Gasteiger partial charge in [-0.1, -0.05) is 23.8 Å². The van der Waals surface area contributed by atoms with Gasteiger partial charge >= 0.3 is 10.1 Å². The molecular weight excluding hydrogens is 444 g/mol. The largest absolute Gasteiger partial charge is 0.496 e. The number of hydrazone groups is 1. The quantitative estimate of drug-likeness (QED) is 0.306. The molecule has 0 fully saturated rings. The van der Waals surface area contributed by atoms with Crippen LogP contribution < -0.4 is 19.1 Å². The molecule has 3 rings (SSSR count). The summed E-state index contributed by atoms with van der Waals surface area (Å²) in [5.41, 5.74) is 5.14. The molecule has 0 aliphatic rings. The van der Waals surface area contributed by atoms with Crippen LogP contribution in [-0.4, -0.2) is 34.8 Å². The van der Waals surface area contributed by atoms with Gasteiger partial charge in [0.15, 0.2) is 11.5 Å². The summed E-state index contributed by atoms with van der Waals surface area (Å²) in [7, 11) is -1.18. The molecule has 9 heteroatoms. The van der Waals surface area contributed by atoms with Crippen molar-refractivity contribution < 1.29 is 26.9 Å². The van der Waals surface area contributed by atoms with E-state index in [1.54, 1.807) is 42.5 Å². The van der Waals surface area contributed by atoms with E-state index in [0.717, 1.165) is 11.1 Å². The van der Waals surface area contributed by atoms with Gasteiger partial charge in [-0.05, 0) is 67.4 Å². The van der Waals surface area contributed by atoms with E-state index in [-0.39, 0.29) is 16.4 Å². The van der Waals surface area contributed by atoms with Crippen LogP contribution in [0.3, 0.4) is 0 Å². The SMILES string of the molecule is COc1ccc(/C=N\NC(=O)c2ccc(C)cc2OC)cc1OS(=O)(=O)c1ccc(C)cc1. The molecule has 0 aromatic heterocycles. The third-order valence-corrected chi connectivity index (χ3v) is 5.93. The van der Waals surface area contributed by atoms with Crippen LogP contribution in [-0.2, 0) is 10.1 Å². The van der Waals surface area contributed by atoms with Crippen molar-refractivity contribution in [2.75, 3.05) is 14.2 Å². The number of nitrogens with zero attached hydrogens (tertiary/aromatic N) is 1. The van der Waals surface area contributed by atoms with Crippen molar-refractivity contribution in [1.29, 1.82) is 0 Å². The van der Waals surface area contributed by atoms with Gasteiger partial charge in [-0.2, -0.15) is 13.5 Å². The Kier molecular flexibility index (Phi) is 7.34. The lowest BCUT2D eigenvalue weighted by atomic mass is 10.1. The number of amides is 1. The molecule has 8 nitrogen and oxygen atoms in total. The van der Waals surface area contributed by atoms with Gasteiger partial charge < -0.3 is 13.7 Å². The Hall–Kier alpha value is -3.85. The van der Waals surface area contributed by atoms with Gasteiger partial charge in [-0.3, -0.25) is 4.79 Å². The molecule has 0 saturated heterocycles. The maximum atomic E-state index is 12.7. The summed E-state index contributed by atoms with van der Waals surface area (Å²) in [5.74, 6) is 0.212. The number of nitrogens with one attached hydrogen (secondary N) is 1. The zero-order chi connectivity index (χ0) is 24.0. The van der Waals surface area contributed by atoms with E-state index in [2.05, 4.69) is 10.5 Å². The highest BCUT2D eigenvalue weighted by Crippen LogP contribution is 2.30. The molecule has 3 aromatic rings. The van der Waals surface area contributed by atoms with Crippen LogP contribution in [0.15, 0.2) is 70.7 Å². The molecule has 33 heavy (non-hydrogen) atoms. The molecule has 0 heterocycles. The second-order valence-electron chi connectivity index (χ2n) is 7.16. The summed E-state index contributed by atoms with van der Waals surface area (Å²) in [5, 5.41) is 3.95. The molecular formula is C24H24N2O6S. The maximum absolute atomic E-state index is 12.7. The van der Waals surface area contributed by atoms with E-state index in [1.807, 2.05) is 13.8 Å². The molecule has 0 atom stereocenters. The van der Waals surface area contributed by atoms with Gasteiger partial charge in [0.2, 0.25) is 0 Å². The highest BCUT2D eigenvalue weighted by atomic mass is 32.2. The van der Waals surface area contributed by atoms with Crippen molar-refractivity contribution in [3.63, 3.8) is 0 Å². The van der Waals surface area contributed by atoms with Gasteiger partial charge in [0.25, 0.3) is 5.91 Å². The summed E-state index contributed by atoms with van der Waals surface area (Å²) in [6.07, 6.45) is 1.36. The number of hydrogen-bond donors (Lipinski definition) is 1. The third kappa shape index (κ3) is 5.89. The fourth-order valence-corrected chi connectivity index (χ4v) is 3.85. The average molecular weight is 469 g/mol. The maximum Gasteiger partial charge on any atom is 0.339 e. The molecule has 3 aromatic carbocycles. The van der Waals surface area contributed by atoms with Gasteiger partial charge in [-0.15, -0.1) is 0 Å². The van der Waals surface area contributed by atoms with Crippen molar-refractivity contribution in [3.05, 3.63) is 82.9 Å². The summed E-state index contributed by atoms with van der Waals surface area (Å²) in [6.45, 7) is 3.75. The number of aryl methyl sites for hydroxylation is 2. The number of rotatable bonds is 8. The van der Waals surface area contributed by atoms with Crippen LogP contribution in [0.2, 0.25) is 0 Å². The van der Waals surface area contributed by atoms with Crippen molar-refractivity contribution in [1.82, 2.24) is 5.43 Å². The smallest absolute Gasteiger partial charge is 0.339 e. The summed E-state index contributed by atoms with van der Waals surface area (Å²) in [4.78, 5) is 12.5. The van der Waals surface area contributed by atoms with Crippen LogP contribution in [0.4, 0.5) is 0 Å². The minimum atomic E-state index is -4.07. The Labute approximate surface area is 192 Å². The molecule has 1 N–H and O–H groups in total. The number of hydrogen-bond acceptors (Lipinski definition) is 7. The van der Waals surface area contributed by atoms with Crippen LogP contribution in [0, 0.1) is 13.8 Å². The monoisotopic (exact) mass is 468 g/mol. The number of carbonyl (C=O) groups is 1. The van der Waals surface area contributed by atoms with E-state index in [0.29, 0.717) is 16.9 Å². The highest BCUT2D eigenvalue weighted by molar-refractivity contribution is 7.87. The summed E-state index contributed by atoms with van der Waals surface area (Å²) in [6, 6.07) is 16.1. The Morgan fingerprint density at radius 1 is 0.848 bits per heavy atom. The van der Waals surface area contributed by atoms with E-state index in [4.69, 9.17) is 13.7 Å². The van der Waals surface area contributed by atoms with E-state index >= 15 is 0 Å². The second-order valence-corrected chi connectivity index (χ2v) is 8.71. The average Bonchev–Trinajstić information content (AvgIpc) is 2.79. The summed E-state index contributed by atoms with van der Waals surface area (Å²) >= 11 is 0. The number of methoxy groups -OCH3 is 2. The Bertz CT molecular complexity index is 1280. The predicted molar refractivity (Wildman–Crippen MR) is 125 cm³/mol. The van der Waals surface area contributed by atoms with E-state index in [9.17, 15) is 13.2 Å². The van der Waals surface area contributed by atoms with Crippen LogP contribution in [0.25, 0.3) is 0 Å². The Morgan fingerprint density at radius 3 is 2.18 bits per heavy atom. The van der Waals surface area contributed by atoms with Gasteiger partial charge in [0.1, 0.15) is 10.6 Å². The fraction of sp³-hybridized carbons (Fsp3) is 0.167. The predicted octanol–water partition coefficient (Wildman–Crippen LogP) is 3.85.